The maximum atomic E-state index is 12.9. The molecular weight excluding hydrogens is 214 g/mol. The first kappa shape index (κ1) is 11.6. The van der Waals surface area contributed by atoms with Crippen LogP contribution in [0.25, 0.3) is 0 Å². The smallest absolute Gasteiger partial charge is 0.324 e. The number of nitrogens with two attached hydrogens (primary N) is 1. The van der Waals surface area contributed by atoms with Crippen LogP contribution in [0, 0.1) is 5.82 Å². The zero-order chi connectivity index (χ0) is 11.6. The van der Waals surface area contributed by atoms with Gasteiger partial charge in [0.15, 0.2) is 5.78 Å². The van der Waals surface area contributed by atoms with Crippen molar-refractivity contribution in [1.29, 1.82) is 0 Å². The van der Waals surface area contributed by atoms with Gasteiger partial charge in [0, 0.05) is 5.56 Å². The molecule has 1 aromatic carbocycles. The predicted molar refractivity (Wildman–Crippen MR) is 44.8 cm³/mol. The zero-order valence-corrected chi connectivity index (χ0v) is 7.44. The summed E-state index contributed by atoms with van der Waals surface area (Å²) in [5.74, 6) is -2.08. The summed E-state index contributed by atoms with van der Waals surface area (Å²) in [6.07, 6.45) is -4.76. The third kappa shape index (κ3) is 2.53. The summed E-state index contributed by atoms with van der Waals surface area (Å²) < 4.78 is 49.3. The molecule has 0 amide bonds. The SMILES string of the molecule is NCC(=O)c1ccc(C(F)(F)F)c(F)c1. The molecule has 0 saturated heterocycles. The number of carbonyl (C=O) groups excluding carboxylic acids is 1. The van der Waals surface area contributed by atoms with Crippen LogP contribution in [-0.4, -0.2) is 12.3 Å². The van der Waals surface area contributed by atoms with Gasteiger partial charge in [-0.2, -0.15) is 13.2 Å². The number of rotatable bonds is 2. The summed E-state index contributed by atoms with van der Waals surface area (Å²) >= 11 is 0. The van der Waals surface area contributed by atoms with Gasteiger partial charge in [0.2, 0.25) is 0 Å². The van der Waals surface area contributed by atoms with E-state index in [0.29, 0.717) is 12.1 Å². The van der Waals surface area contributed by atoms with Crippen molar-refractivity contribution in [2.45, 2.75) is 6.18 Å². The molecule has 0 bridgehead atoms. The Hall–Kier alpha value is -1.43. The second-order valence-corrected chi connectivity index (χ2v) is 2.82. The maximum absolute atomic E-state index is 12.9. The monoisotopic (exact) mass is 221 g/mol. The van der Waals surface area contributed by atoms with E-state index in [2.05, 4.69) is 0 Å². The van der Waals surface area contributed by atoms with Gasteiger partial charge < -0.3 is 5.73 Å². The summed E-state index contributed by atoms with van der Waals surface area (Å²) in [6, 6.07) is 1.97. The lowest BCUT2D eigenvalue weighted by Gasteiger charge is -2.08. The molecule has 82 valence electrons. The Balaban J connectivity index is 3.15. The number of halogens is 4. The molecular formula is C9H7F4NO. The minimum absolute atomic E-state index is 0.164. The zero-order valence-electron chi connectivity index (χ0n) is 7.44. The van der Waals surface area contributed by atoms with Crippen LogP contribution in [0.15, 0.2) is 18.2 Å². The minimum Gasteiger partial charge on any atom is -0.324 e. The first-order valence-electron chi connectivity index (χ1n) is 3.96. The molecule has 0 fully saturated rings. The molecule has 6 heteroatoms. The fourth-order valence-corrected chi connectivity index (χ4v) is 1.04. The van der Waals surface area contributed by atoms with Crippen LogP contribution in [0.4, 0.5) is 17.6 Å². The standard InChI is InChI=1S/C9H7F4NO/c10-7-3-5(8(15)4-14)1-2-6(7)9(11,12)13/h1-3H,4,14H2. The molecule has 0 saturated carbocycles. The number of carbonyl (C=O) groups is 1. The van der Waals surface area contributed by atoms with Crippen LogP contribution in [0.3, 0.4) is 0 Å². The lowest BCUT2D eigenvalue weighted by molar-refractivity contribution is -0.140. The Labute approximate surface area is 82.7 Å². The molecule has 0 aliphatic rings. The van der Waals surface area contributed by atoms with Crippen molar-refractivity contribution in [1.82, 2.24) is 0 Å². The lowest BCUT2D eigenvalue weighted by Crippen LogP contribution is -2.15. The Bertz CT molecular complexity index is 386. The number of ketones is 1. The second kappa shape index (κ2) is 3.98. The van der Waals surface area contributed by atoms with E-state index < -0.39 is 23.3 Å². The second-order valence-electron chi connectivity index (χ2n) is 2.82. The van der Waals surface area contributed by atoms with Gasteiger partial charge in [-0.1, -0.05) is 6.07 Å². The van der Waals surface area contributed by atoms with Crippen LogP contribution in [0.2, 0.25) is 0 Å². The summed E-state index contributed by atoms with van der Waals surface area (Å²) in [7, 11) is 0. The topological polar surface area (TPSA) is 43.1 Å². The van der Waals surface area contributed by atoms with E-state index in [9.17, 15) is 22.4 Å². The van der Waals surface area contributed by atoms with Crippen molar-refractivity contribution in [3.05, 3.63) is 35.1 Å². The third-order valence-electron chi connectivity index (χ3n) is 1.78. The normalized spacial score (nSPS) is 11.5. The maximum Gasteiger partial charge on any atom is 0.419 e. The third-order valence-corrected chi connectivity index (χ3v) is 1.78. The van der Waals surface area contributed by atoms with Crippen LogP contribution in [0.1, 0.15) is 15.9 Å². The molecule has 0 atom stereocenters. The molecule has 2 N–H and O–H groups in total. The fourth-order valence-electron chi connectivity index (χ4n) is 1.04. The van der Waals surface area contributed by atoms with Crippen molar-refractivity contribution in [3.8, 4) is 0 Å². The fraction of sp³-hybridized carbons (Fsp3) is 0.222. The first-order valence-corrected chi connectivity index (χ1v) is 3.96. The van der Waals surface area contributed by atoms with E-state index in [0.717, 1.165) is 6.07 Å². The van der Waals surface area contributed by atoms with Gasteiger partial charge in [-0.25, -0.2) is 4.39 Å². The van der Waals surface area contributed by atoms with Crippen molar-refractivity contribution in [2.24, 2.45) is 5.73 Å². The van der Waals surface area contributed by atoms with Crippen molar-refractivity contribution in [3.63, 3.8) is 0 Å². The molecule has 0 unspecified atom stereocenters. The highest BCUT2D eigenvalue weighted by molar-refractivity contribution is 5.97. The van der Waals surface area contributed by atoms with Crippen molar-refractivity contribution >= 4 is 5.78 Å². The number of Topliss-reactive ketones (excluding diaryl/α,β-unsaturated/α-hetero) is 1. The van der Waals surface area contributed by atoms with Crippen LogP contribution >= 0.6 is 0 Å². The predicted octanol–water partition coefficient (Wildman–Crippen LogP) is 1.99. The largest absolute Gasteiger partial charge is 0.419 e. The molecule has 15 heavy (non-hydrogen) atoms. The van der Waals surface area contributed by atoms with Crippen LogP contribution in [-0.2, 0) is 6.18 Å². The van der Waals surface area contributed by atoms with E-state index in [1.54, 1.807) is 0 Å². The van der Waals surface area contributed by atoms with Gasteiger partial charge >= 0.3 is 6.18 Å². The first-order chi connectivity index (χ1) is 6.86. The quantitative estimate of drug-likeness (QED) is 0.613. The summed E-state index contributed by atoms with van der Waals surface area (Å²) in [6.45, 7) is -0.370. The Morgan fingerprint density at radius 3 is 2.33 bits per heavy atom. The van der Waals surface area contributed by atoms with Gasteiger partial charge in [-0.05, 0) is 12.1 Å². The van der Waals surface area contributed by atoms with Crippen LogP contribution < -0.4 is 5.73 Å². The van der Waals surface area contributed by atoms with Gasteiger partial charge in [-0.3, -0.25) is 4.79 Å². The van der Waals surface area contributed by atoms with E-state index in [1.807, 2.05) is 0 Å². The van der Waals surface area contributed by atoms with Crippen LogP contribution in [0.5, 0.6) is 0 Å². The number of alkyl halides is 3. The Morgan fingerprint density at radius 1 is 1.33 bits per heavy atom. The lowest BCUT2D eigenvalue weighted by atomic mass is 10.1. The molecule has 1 rings (SSSR count). The molecule has 0 aliphatic carbocycles. The molecule has 0 spiro atoms. The average molecular weight is 221 g/mol. The summed E-state index contributed by atoms with van der Waals surface area (Å²) in [5, 5.41) is 0. The minimum atomic E-state index is -4.76. The highest BCUT2D eigenvalue weighted by atomic mass is 19.4. The van der Waals surface area contributed by atoms with E-state index >= 15 is 0 Å². The summed E-state index contributed by atoms with van der Waals surface area (Å²) in [5.41, 5.74) is 3.43. The van der Waals surface area contributed by atoms with Crippen molar-refractivity contribution < 1.29 is 22.4 Å². The number of hydrogen-bond donors (Lipinski definition) is 1. The molecule has 2 nitrogen and oxygen atoms in total. The van der Waals surface area contributed by atoms with Gasteiger partial charge in [0.25, 0.3) is 0 Å². The number of benzene rings is 1. The highest BCUT2D eigenvalue weighted by Crippen LogP contribution is 2.31. The molecule has 0 aromatic heterocycles. The molecule has 0 heterocycles. The average Bonchev–Trinajstić information content (AvgIpc) is 2.14. The number of hydrogen-bond acceptors (Lipinski definition) is 2. The van der Waals surface area contributed by atoms with Gasteiger partial charge in [0.05, 0.1) is 12.1 Å². The van der Waals surface area contributed by atoms with Gasteiger partial charge in [-0.15, -0.1) is 0 Å². The Kier molecular flexibility index (Phi) is 3.09. The molecule has 0 aliphatic heterocycles. The Morgan fingerprint density at radius 2 is 1.93 bits per heavy atom. The molecule has 0 radical (unpaired) electrons. The molecule has 1 aromatic rings. The van der Waals surface area contributed by atoms with Gasteiger partial charge in [0.1, 0.15) is 5.82 Å². The van der Waals surface area contributed by atoms with Crippen molar-refractivity contribution in [2.75, 3.05) is 6.54 Å². The highest BCUT2D eigenvalue weighted by Gasteiger charge is 2.34. The van der Waals surface area contributed by atoms with E-state index in [4.69, 9.17) is 5.73 Å². The van der Waals surface area contributed by atoms with E-state index in [1.165, 1.54) is 0 Å². The summed E-state index contributed by atoms with van der Waals surface area (Å²) in [4.78, 5) is 11.0. The van der Waals surface area contributed by atoms with E-state index in [-0.39, 0.29) is 12.1 Å².